The number of aryl methyl sites for hydroxylation is 1. The molecule has 1 unspecified atom stereocenters. The molecule has 1 aliphatic heterocycles. The maximum atomic E-state index is 5.93. The maximum absolute atomic E-state index is 5.93. The van der Waals surface area contributed by atoms with Crippen LogP contribution < -0.4 is 5.32 Å². The topological polar surface area (TPSA) is 43.4 Å². The first-order valence-electron chi connectivity index (χ1n) is 6.44. The molecule has 0 saturated carbocycles. The van der Waals surface area contributed by atoms with Crippen molar-refractivity contribution in [3.63, 3.8) is 0 Å². The van der Waals surface area contributed by atoms with Crippen LogP contribution >= 0.6 is 0 Å². The zero-order chi connectivity index (χ0) is 13.0. The second-order valence-electron chi connectivity index (χ2n) is 5.41. The molecular weight excluding hydrogens is 228 g/mol. The monoisotopic (exact) mass is 250 g/mol. The zero-order valence-corrected chi connectivity index (χ0v) is 11.4. The van der Waals surface area contributed by atoms with E-state index in [2.05, 4.69) is 24.1 Å². The van der Waals surface area contributed by atoms with Gasteiger partial charge in [0.05, 0.1) is 30.6 Å². The number of aromatic nitrogens is 1. The molecule has 0 spiro atoms. The molecule has 1 fully saturated rings. The molecule has 1 saturated heterocycles. The third kappa shape index (κ3) is 3.77. The second kappa shape index (κ2) is 5.78. The zero-order valence-electron chi connectivity index (χ0n) is 11.4. The number of morpholine rings is 1. The Kier molecular flexibility index (Phi) is 4.32. The van der Waals surface area contributed by atoms with Crippen LogP contribution in [0.3, 0.4) is 0 Å². The van der Waals surface area contributed by atoms with Crippen molar-refractivity contribution in [2.75, 3.05) is 19.7 Å². The molecule has 1 N–H and O–H groups in total. The van der Waals surface area contributed by atoms with Gasteiger partial charge >= 0.3 is 0 Å². The number of hydrogen-bond acceptors (Lipinski definition) is 4. The van der Waals surface area contributed by atoms with Crippen molar-refractivity contribution in [2.24, 2.45) is 0 Å². The lowest BCUT2D eigenvalue weighted by Crippen LogP contribution is -2.51. The predicted molar refractivity (Wildman–Crippen MR) is 70.5 cm³/mol. The van der Waals surface area contributed by atoms with Gasteiger partial charge in [0.2, 0.25) is 0 Å². The summed E-state index contributed by atoms with van der Waals surface area (Å²) in [5, 5.41) is 3.36. The van der Waals surface area contributed by atoms with Gasteiger partial charge in [-0.25, -0.2) is 0 Å². The van der Waals surface area contributed by atoms with Gasteiger partial charge < -0.3 is 14.8 Å². The largest absolute Gasteiger partial charge is 0.372 e. The van der Waals surface area contributed by atoms with Crippen LogP contribution in [0.1, 0.15) is 25.1 Å². The molecule has 0 aliphatic carbocycles. The Morgan fingerprint density at radius 3 is 3.11 bits per heavy atom. The highest BCUT2D eigenvalue weighted by Crippen LogP contribution is 2.15. The Hall–Kier alpha value is -0.970. The Labute approximate surface area is 109 Å². The molecule has 0 amide bonds. The van der Waals surface area contributed by atoms with Gasteiger partial charge in [0.15, 0.2) is 0 Å². The number of pyridine rings is 1. The van der Waals surface area contributed by atoms with E-state index in [9.17, 15) is 0 Å². The van der Waals surface area contributed by atoms with E-state index in [4.69, 9.17) is 9.47 Å². The van der Waals surface area contributed by atoms with Crippen molar-refractivity contribution in [3.05, 3.63) is 29.6 Å². The summed E-state index contributed by atoms with van der Waals surface area (Å²) in [6.07, 6.45) is 1.92. The number of hydrogen-bond donors (Lipinski definition) is 1. The van der Waals surface area contributed by atoms with E-state index < -0.39 is 0 Å². The molecular formula is C14H22N2O2. The Balaban J connectivity index is 1.77. The Morgan fingerprint density at radius 2 is 2.39 bits per heavy atom. The summed E-state index contributed by atoms with van der Waals surface area (Å²) in [6.45, 7) is 9.13. The summed E-state index contributed by atoms with van der Waals surface area (Å²) in [4.78, 5) is 4.31. The maximum Gasteiger partial charge on any atom is 0.0940 e. The molecule has 2 heterocycles. The number of nitrogens with one attached hydrogen (secondary N) is 1. The van der Waals surface area contributed by atoms with Gasteiger partial charge in [-0.15, -0.1) is 0 Å². The SMILES string of the molecule is Cc1cccnc1COCC1CNCC(C)(C)O1. The molecule has 1 aliphatic rings. The van der Waals surface area contributed by atoms with Gasteiger partial charge in [-0.2, -0.15) is 0 Å². The van der Waals surface area contributed by atoms with Crippen LogP contribution in [0.2, 0.25) is 0 Å². The second-order valence-corrected chi connectivity index (χ2v) is 5.41. The average Bonchev–Trinajstić information content (AvgIpc) is 2.30. The number of ether oxygens (including phenoxy) is 2. The van der Waals surface area contributed by atoms with Crippen LogP contribution in [-0.4, -0.2) is 36.4 Å². The minimum absolute atomic E-state index is 0.104. The van der Waals surface area contributed by atoms with E-state index in [-0.39, 0.29) is 11.7 Å². The minimum Gasteiger partial charge on any atom is -0.372 e. The summed E-state index contributed by atoms with van der Waals surface area (Å²) in [6, 6.07) is 3.99. The molecule has 2 rings (SSSR count). The van der Waals surface area contributed by atoms with Crippen LogP contribution in [0, 0.1) is 6.92 Å². The predicted octanol–water partition coefficient (Wildman–Crippen LogP) is 1.67. The van der Waals surface area contributed by atoms with Crippen molar-refractivity contribution in [3.8, 4) is 0 Å². The average molecular weight is 250 g/mol. The highest BCUT2D eigenvalue weighted by Gasteiger charge is 2.28. The fraction of sp³-hybridized carbons (Fsp3) is 0.643. The summed E-state index contributed by atoms with van der Waals surface area (Å²) in [5.41, 5.74) is 2.06. The molecule has 0 aromatic carbocycles. The fourth-order valence-electron chi connectivity index (χ4n) is 2.12. The third-order valence-corrected chi connectivity index (χ3v) is 3.07. The lowest BCUT2D eigenvalue weighted by molar-refractivity contribution is -0.122. The Bertz CT molecular complexity index is 393. The van der Waals surface area contributed by atoms with Crippen molar-refractivity contribution in [2.45, 2.75) is 39.1 Å². The van der Waals surface area contributed by atoms with Crippen molar-refractivity contribution in [1.82, 2.24) is 10.3 Å². The lowest BCUT2D eigenvalue weighted by atomic mass is 10.1. The highest BCUT2D eigenvalue weighted by molar-refractivity contribution is 5.16. The van der Waals surface area contributed by atoms with Crippen LogP contribution in [0.15, 0.2) is 18.3 Å². The standard InChI is InChI=1S/C14H22N2O2/c1-11-5-4-6-16-13(11)9-17-8-12-7-15-10-14(2,3)18-12/h4-6,12,15H,7-10H2,1-3H3. The van der Waals surface area contributed by atoms with Gasteiger partial charge in [0.25, 0.3) is 0 Å². The normalized spacial score (nSPS) is 22.9. The molecule has 100 valence electrons. The van der Waals surface area contributed by atoms with E-state index in [1.807, 2.05) is 19.1 Å². The number of rotatable bonds is 4. The Morgan fingerprint density at radius 1 is 1.56 bits per heavy atom. The van der Waals surface area contributed by atoms with Crippen LogP contribution in [-0.2, 0) is 16.1 Å². The first kappa shape index (κ1) is 13.5. The molecule has 18 heavy (non-hydrogen) atoms. The molecule has 0 radical (unpaired) electrons. The molecule has 1 aromatic rings. The fourth-order valence-corrected chi connectivity index (χ4v) is 2.12. The van der Waals surface area contributed by atoms with Gasteiger partial charge in [0.1, 0.15) is 0 Å². The molecule has 1 atom stereocenters. The third-order valence-electron chi connectivity index (χ3n) is 3.07. The van der Waals surface area contributed by atoms with Gasteiger partial charge in [0, 0.05) is 19.3 Å². The number of nitrogens with zero attached hydrogens (tertiary/aromatic N) is 1. The van der Waals surface area contributed by atoms with E-state index in [1.165, 1.54) is 5.56 Å². The van der Waals surface area contributed by atoms with Gasteiger partial charge in [-0.05, 0) is 32.4 Å². The summed E-state index contributed by atoms with van der Waals surface area (Å²) < 4.78 is 11.6. The quantitative estimate of drug-likeness (QED) is 0.883. The molecule has 4 nitrogen and oxygen atoms in total. The van der Waals surface area contributed by atoms with Gasteiger partial charge in [-0.3, -0.25) is 4.98 Å². The van der Waals surface area contributed by atoms with Crippen LogP contribution in [0.25, 0.3) is 0 Å². The van der Waals surface area contributed by atoms with Crippen molar-refractivity contribution < 1.29 is 9.47 Å². The molecule has 4 heteroatoms. The first-order valence-corrected chi connectivity index (χ1v) is 6.44. The van der Waals surface area contributed by atoms with E-state index in [0.29, 0.717) is 13.2 Å². The smallest absolute Gasteiger partial charge is 0.0940 e. The lowest BCUT2D eigenvalue weighted by Gasteiger charge is -2.36. The minimum atomic E-state index is -0.104. The first-order chi connectivity index (χ1) is 8.57. The van der Waals surface area contributed by atoms with E-state index >= 15 is 0 Å². The summed E-state index contributed by atoms with van der Waals surface area (Å²) >= 11 is 0. The summed E-state index contributed by atoms with van der Waals surface area (Å²) in [7, 11) is 0. The molecule has 1 aromatic heterocycles. The van der Waals surface area contributed by atoms with Gasteiger partial charge in [-0.1, -0.05) is 6.07 Å². The highest BCUT2D eigenvalue weighted by atomic mass is 16.5. The van der Waals surface area contributed by atoms with Crippen molar-refractivity contribution in [1.29, 1.82) is 0 Å². The van der Waals surface area contributed by atoms with Crippen molar-refractivity contribution >= 4 is 0 Å². The van der Waals surface area contributed by atoms with Crippen LogP contribution in [0.5, 0.6) is 0 Å². The van der Waals surface area contributed by atoms with Crippen LogP contribution in [0.4, 0.5) is 0 Å². The molecule has 0 bridgehead atoms. The summed E-state index contributed by atoms with van der Waals surface area (Å²) in [5.74, 6) is 0. The van der Waals surface area contributed by atoms with E-state index in [0.717, 1.165) is 18.8 Å². The van der Waals surface area contributed by atoms with E-state index in [1.54, 1.807) is 6.20 Å².